The molecule has 2 aliphatic rings. The average Bonchev–Trinajstić information content (AvgIpc) is 2.53. The van der Waals surface area contributed by atoms with Crippen LogP contribution in [0.15, 0.2) is 39.1 Å². The Morgan fingerprint density at radius 2 is 1.84 bits per heavy atom. The summed E-state index contributed by atoms with van der Waals surface area (Å²) in [6.45, 7) is 0. The number of H-pyrrole nitrogens is 2. The summed E-state index contributed by atoms with van der Waals surface area (Å²) >= 11 is 12.4. The van der Waals surface area contributed by atoms with E-state index in [9.17, 15) is 14.4 Å². The summed E-state index contributed by atoms with van der Waals surface area (Å²) in [6, 6.07) is 4.95. The molecule has 0 unspecified atom stereocenters. The van der Waals surface area contributed by atoms with Crippen molar-refractivity contribution in [2.75, 3.05) is 5.32 Å². The SMILES string of the molecule is O=C1CCCC2=C1[C@H](c1ccc(Cl)cc1Cl)c1c([nH]c(=O)[nH]c1=O)N2. The van der Waals surface area contributed by atoms with Crippen LogP contribution < -0.4 is 16.6 Å². The van der Waals surface area contributed by atoms with E-state index in [2.05, 4.69) is 15.3 Å². The molecule has 0 amide bonds. The fourth-order valence-electron chi connectivity index (χ4n) is 3.54. The monoisotopic (exact) mass is 377 g/mol. The first-order valence-corrected chi connectivity index (χ1v) is 8.56. The number of hydrogen-bond acceptors (Lipinski definition) is 4. The summed E-state index contributed by atoms with van der Waals surface area (Å²) in [5, 5.41) is 3.88. The van der Waals surface area contributed by atoms with Gasteiger partial charge in [0.1, 0.15) is 5.82 Å². The molecule has 25 heavy (non-hydrogen) atoms. The molecule has 0 saturated heterocycles. The Labute approximate surface area is 151 Å². The summed E-state index contributed by atoms with van der Waals surface area (Å²) in [5.41, 5.74) is 0.976. The Balaban J connectivity index is 2.05. The molecule has 3 N–H and O–H groups in total. The molecule has 128 valence electrons. The summed E-state index contributed by atoms with van der Waals surface area (Å²) in [6.07, 6.45) is 1.80. The van der Waals surface area contributed by atoms with Crippen LogP contribution >= 0.6 is 23.2 Å². The molecule has 0 spiro atoms. The highest BCUT2D eigenvalue weighted by Crippen LogP contribution is 2.44. The van der Waals surface area contributed by atoms with E-state index < -0.39 is 17.2 Å². The minimum absolute atomic E-state index is 0.0268. The van der Waals surface area contributed by atoms with Crippen LogP contribution in [0.25, 0.3) is 0 Å². The molecule has 0 saturated carbocycles. The van der Waals surface area contributed by atoms with Gasteiger partial charge in [-0.3, -0.25) is 19.6 Å². The van der Waals surface area contributed by atoms with Crippen LogP contribution in [0, 0.1) is 0 Å². The van der Waals surface area contributed by atoms with E-state index in [0.29, 0.717) is 46.3 Å². The van der Waals surface area contributed by atoms with Crippen LogP contribution in [-0.2, 0) is 4.79 Å². The van der Waals surface area contributed by atoms with Crippen molar-refractivity contribution in [1.82, 2.24) is 9.97 Å². The summed E-state index contributed by atoms with van der Waals surface area (Å²) in [5.74, 6) is -0.372. The number of nitrogens with one attached hydrogen (secondary N) is 3. The summed E-state index contributed by atoms with van der Waals surface area (Å²) in [7, 11) is 0. The average molecular weight is 378 g/mol. The number of anilines is 1. The molecule has 1 atom stereocenters. The fraction of sp³-hybridized carbons (Fsp3) is 0.235. The zero-order valence-electron chi connectivity index (χ0n) is 12.9. The molecule has 1 aromatic heterocycles. The number of carbonyl (C=O) groups excluding carboxylic acids is 1. The highest BCUT2D eigenvalue weighted by molar-refractivity contribution is 6.35. The van der Waals surface area contributed by atoms with E-state index in [-0.39, 0.29) is 11.3 Å². The van der Waals surface area contributed by atoms with Gasteiger partial charge in [-0.15, -0.1) is 0 Å². The second kappa shape index (κ2) is 5.89. The number of ketones is 1. The zero-order chi connectivity index (χ0) is 17.7. The lowest BCUT2D eigenvalue weighted by atomic mass is 9.76. The fourth-order valence-corrected chi connectivity index (χ4v) is 4.06. The molecule has 6 nitrogen and oxygen atoms in total. The maximum absolute atomic E-state index is 12.6. The maximum atomic E-state index is 12.6. The number of hydrogen-bond donors (Lipinski definition) is 3. The van der Waals surface area contributed by atoms with Gasteiger partial charge >= 0.3 is 5.69 Å². The van der Waals surface area contributed by atoms with E-state index in [1.54, 1.807) is 18.2 Å². The third-order valence-electron chi connectivity index (χ3n) is 4.56. The van der Waals surface area contributed by atoms with Gasteiger partial charge in [0, 0.05) is 33.7 Å². The van der Waals surface area contributed by atoms with E-state index in [1.807, 2.05) is 0 Å². The van der Waals surface area contributed by atoms with Gasteiger partial charge < -0.3 is 5.32 Å². The molecule has 0 bridgehead atoms. The first-order valence-electron chi connectivity index (χ1n) is 7.80. The number of fused-ring (bicyclic) bond motifs is 1. The van der Waals surface area contributed by atoms with Crippen molar-refractivity contribution in [1.29, 1.82) is 0 Å². The number of aromatic amines is 2. The maximum Gasteiger partial charge on any atom is 0.327 e. The number of benzene rings is 1. The van der Waals surface area contributed by atoms with Gasteiger partial charge in [0.15, 0.2) is 5.78 Å². The van der Waals surface area contributed by atoms with Gasteiger partial charge in [0.2, 0.25) is 0 Å². The Bertz CT molecular complexity index is 1050. The standard InChI is InChI=1S/C17H13Cl2N3O3/c18-7-4-5-8(9(19)6-7)12-13-10(2-1-3-11(13)23)20-15-14(12)16(24)22-17(25)21-15/h4-6,12H,1-3H2,(H3,20,21,22,24,25)/t12-/m0/s1. The minimum Gasteiger partial charge on any atom is -0.344 e. The predicted molar refractivity (Wildman–Crippen MR) is 95.5 cm³/mol. The number of carbonyl (C=O) groups is 1. The van der Waals surface area contributed by atoms with Crippen molar-refractivity contribution < 1.29 is 4.79 Å². The van der Waals surface area contributed by atoms with Gasteiger partial charge in [-0.1, -0.05) is 29.3 Å². The molecule has 1 aliphatic carbocycles. The first-order chi connectivity index (χ1) is 12.0. The number of aromatic nitrogens is 2. The minimum atomic E-state index is -0.649. The van der Waals surface area contributed by atoms with Crippen LogP contribution in [0.3, 0.4) is 0 Å². The predicted octanol–water partition coefficient (Wildman–Crippen LogP) is 2.93. The molecule has 4 rings (SSSR count). The van der Waals surface area contributed by atoms with Crippen molar-refractivity contribution in [3.63, 3.8) is 0 Å². The van der Waals surface area contributed by atoms with Crippen LogP contribution in [0.5, 0.6) is 0 Å². The Kier molecular flexibility index (Phi) is 3.81. The number of Topliss-reactive ketones (excluding diaryl/α,β-unsaturated/α-hetero) is 1. The van der Waals surface area contributed by atoms with Crippen LogP contribution in [0.4, 0.5) is 5.82 Å². The number of allylic oxidation sites excluding steroid dienone is 2. The Hall–Kier alpha value is -2.31. The number of halogens is 2. The third-order valence-corrected chi connectivity index (χ3v) is 5.12. The van der Waals surface area contributed by atoms with Crippen molar-refractivity contribution in [2.45, 2.75) is 25.2 Å². The second-order valence-corrected chi connectivity index (χ2v) is 6.93. The van der Waals surface area contributed by atoms with Crippen molar-refractivity contribution in [2.24, 2.45) is 0 Å². The molecule has 1 aromatic carbocycles. The second-order valence-electron chi connectivity index (χ2n) is 6.09. The van der Waals surface area contributed by atoms with Gasteiger partial charge in [-0.2, -0.15) is 0 Å². The van der Waals surface area contributed by atoms with Crippen molar-refractivity contribution >= 4 is 34.8 Å². The highest BCUT2D eigenvalue weighted by atomic mass is 35.5. The van der Waals surface area contributed by atoms with E-state index >= 15 is 0 Å². The molecule has 1 aliphatic heterocycles. The van der Waals surface area contributed by atoms with Crippen LogP contribution in [0.1, 0.15) is 36.3 Å². The molecule has 2 aromatic rings. The smallest absolute Gasteiger partial charge is 0.327 e. The first kappa shape index (κ1) is 16.2. The molecular formula is C17H13Cl2N3O3. The summed E-state index contributed by atoms with van der Waals surface area (Å²) < 4.78 is 0. The van der Waals surface area contributed by atoms with Crippen molar-refractivity contribution in [3.8, 4) is 0 Å². The summed E-state index contributed by atoms with van der Waals surface area (Å²) in [4.78, 5) is 41.6. The van der Waals surface area contributed by atoms with Gasteiger partial charge in [0.25, 0.3) is 5.56 Å². The molecule has 8 heteroatoms. The van der Waals surface area contributed by atoms with Gasteiger partial charge in [-0.05, 0) is 30.5 Å². The largest absolute Gasteiger partial charge is 0.344 e. The molecule has 0 fully saturated rings. The Morgan fingerprint density at radius 3 is 2.60 bits per heavy atom. The lowest BCUT2D eigenvalue weighted by molar-refractivity contribution is -0.116. The molecular weight excluding hydrogens is 365 g/mol. The topological polar surface area (TPSA) is 94.8 Å². The number of rotatable bonds is 1. The molecule has 2 heterocycles. The van der Waals surface area contributed by atoms with Gasteiger partial charge in [-0.25, -0.2) is 4.79 Å². The van der Waals surface area contributed by atoms with Crippen LogP contribution in [0.2, 0.25) is 10.0 Å². The lowest BCUT2D eigenvalue weighted by Gasteiger charge is -2.33. The van der Waals surface area contributed by atoms with E-state index in [1.165, 1.54) is 0 Å². The Morgan fingerprint density at radius 1 is 1.04 bits per heavy atom. The van der Waals surface area contributed by atoms with E-state index in [0.717, 1.165) is 5.70 Å². The lowest BCUT2D eigenvalue weighted by Crippen LogP contribution is -2.36. The van der Waals surface area contributed by atoms with Crippen molar-refractivity contribution in [3.05, 3.63) is 71.5 Å². The van der Waals surface area contributed by atoms with E-state index in [4.69, 9.17) is 23.2 Å². The van der Waals surface area contributed by atoms with Crippen LogP contribution in [-0.4, -0.2) is 15.8 Å². The quantitative estimate of drug-likeness (QED) is 0.711. The normalized spacial score (nSPS) is 19.3. The third kappa shape index (κ3) is 2.62. The molecule has 0 radical (unpaired) electrons. The highest BCUT2D eigenvalue weighted by Gasteiger charge is 2.38. The van der Waals surface area contributed by atoms with Gasteiger partial charge in [0.05, 0.1) is 5.56 Å². The zero-order valence-corrected chi connectivity index (χ0v) is 14.4.